The van der Waals surface area contributed by atoms with E-state index in [1.54, 1.807) is 94.1 Å². The van der Waals surface area contributed by atoms with Crippen LogP contribution in [0.2, 0.25) is 10.0 Å². The Balaban J connectivity index is 1.14. The molecule has 7 aromatic rings. The highest BCUT2D eigenvalue weighted by atomic mass is 35.5. The highest BCUT2D eigenvalue weighted by Gasteiger charge is 2.22. The summed E-state index contributed by atoms with van der Waals surface area (Å²) in [6, 6.07) is 24.7. The van der Waals surface area contributed by atoms with Crippen LogP contribution in [0, 0.1) is 0 Å². The summed E-state index contributed by atoms with van der Waals surface area (Å²) in [5.74, 6) is 1.97. The third-order valence-electron chi connectivity index (χ3n) is 7.66. The first kappa shape index (κ1) is 25.0. The van der Waals surface area contributed by atoms with Crippen molar-refractivity contribution < 1.29 is 9.47 Å². The van der Waals surface area contributed by atoms with Crippen LogP contribution < -0.4 is 31.6 Å². The molecule has 2 aliphatic rings. The van der Waals surface area contributed by atoms with E-state index in [2.05, 4.69) is 9.97 Å². The van der Waals surface area contributed by atoms with Gasteiger partial charge in [-0.1, -0.05) is 23.2 Å². The number of H-pyrrole nitrogens is 2. The molecule has 2 N–H and O–H groups in total. The van der Waals surface area contributed by atoms with Gasteiger partial charge in [-0.05, 0) is 60.7 Å². The highest BCUT2D eigenvalue weighted by molar-refractivity contribution is 6.30. The second-order valence-corrected chi connectivity index (χ2v) is 11.2. The number of hydrogen-bond donors (Lipinski definition) is 2. The van der Waals surface area contributed by atoms with E-state index in [1.807, 2.05) is 0 Å². The van der Waals surface area contributed by atoms with Crippen molar-refractivity contribution >= 4 is 56.6 Å². The van der Waals surface area contributed by atoms with Crippen LogP contribution in [0.4, 0.5) is 11.4 Å². The van der Waals surface area contributed by atoms with E-state index in [0.717, 1.165) is 0 Å². The predicted molar refractivity (Wildman–Crippen MR) is 166 cm³/mol. The fourth-order valence-corrected chi connectivity index (χ4v) is 5.90. The molecule has 0 amide bonds. The molecule has 0 radical (unpaired) electrons. The van der Waals surface area contributed by atoms with Gasteiger partial charge in [-0.25, -0.2) is 19.6 Å². The van der Waals surface area contributed by atoms with Crippen molar-refractivity contribution in [3.8, 4) is 34.4 Å². The second-order valence-electron chi connectivity index (χ2n) is 10.4. The number of rotatable bonds is 2. The van der Waals surface area contributed by atoms with Crippen molar-refractivity contribution in [2.75, 3.05) is 0 Å². The normalized spacial score (nSPS) is 12.8. The quantitative estimate of drug-likeness (QED) is 0.234. The van der Waals surface area contributed by atoms with Crippen LogP contribution in [-0.4, -0.2) is 19.1 Å². The fraction of sp³-hybridized carbons (Fsp3) is 0. The van der Waals surface area contributed by atoms with Gasteiger partial charge in [0.15, 0.2) is 23.0 Å². The summed E-state index contributed by atoms with van der Waals surface area (Å²) in [6.45, 7) is 0. The van der Waals surface area contributed by atoms with Crippen LogP contribution >= 0.6 is 23.2 Å². The average molecular weight is 619 g/mol. The Kier molecular flexibility index (Phi) is 5.09. The molecule has 2 aromatic heterocycles. The summed E-state index contributed by atoms with van der Waals surface area (Å²) < 4.78 is 15.7. The number of fused-ring (bicyclic) bond motifs is 6. The second kappa shape index (κ2) is 8.96. The number of nitrogens with zero attached hydrogens (tertiary/aromatic N) is 4. The first-order valence-corrected chi connectivity index (χ1v) is 14.2. The molecule has 0 aliphatic carbocycles. The van der Waals surface area contributed by atoms with E-state index in [-0.39, 0.29) is 11.4 Å². The maximum atomic E-state index is 12.9. The molecule has 0 bridgehead atoms. The molecule has 0 unspecified atom stereocenters. The summed E-state index contributed by atoms with van der Waals surface area (Å²) in [4.78, 5) is 41.2. The number of imidazole rings is 2. The molecule has 5 aromatic carbocycles. The summed E-state index contributed by atoms with van der Waals surface area (Å²) in [7, 11) is 0. The van der Waals surface area contributed by atoms with E-state index in [9.17, 15) is 9.59 Å². The number of halogens is 2. The van der Waals surface area contributed by atoms with Crippen LogP contribution in [0.15, 0.2) is 105 Å². The Bertz CT molecular complexity index is 2430. The molecule has 10 nitrogen and oxygen atoms in total. The van der Waals surface area contributed by atoms with E-state index in [4.69, 9.17) is 42.7 Å². The number of aromatic amines is 2. The third kappa shape index (κ3) is 3.75. The van der Waals surface area contributed by atoms with Crippen molar-refractivity contribution in [2.45, 2.75) is 0 Å². The summed E-state index contributed by atoms with van der Waals surface area (Å²) in [5.41, 5.74) is 4.37. The van der Waals surface area contributed by atoms with Gasteiger partial charge >= 0.3 is 11.4 Å². The molecule has 12 heteroatoms. The number of ether oxygens (including phenoxy) is 2. The number of benzene rings is 5. The molecule has 212 valence electrons. The van der Waals surface area contributed by atoms with Crippen molar-refractivity contribution in [3.05, 3.63) is 127 Å². The maximum Gasteiger partial charge on any atom is 0.331 e. The average Bonchev–Trinajstić information content (AvgIpc) is 3.50. The van der Waals surface area contributed by atoms with Gasteiger partial charge in [-0.2, -0.15) is 0 Å². The van der Waals surface area contributed by atoms with Crippen LogP contribution in [0.3, 0.4) is 0 Å². The van der Waals surface area contributed by atoms with E-state index in [0.29, 0.717) is 88.6 Å². The predicted octanol–water partition coefficient (Wildman–Crippen LogP) is 6.37. The largest absolute Gasteiger partial charge is 0.453 e. The standard InChI is InChI=1S/C32H16Cl2N6O4/c33-15-1-5-17(6-2-15)39-25-13-29-21(9-19(25)37-31(39)41)35-23-12-28-24(11-27(23)43-29)36-22-10-20-26(14-30(22)44-28)40(32(42)38-20)18-7-3-16(34)4-8-18/h1-14H,(H,37,41)(H,38,42). The minimum absolute atomic E-state index is 0.291. The van der Waals surface area contributed by atoms with Crippen molar-refractivity contribution in [2.24, 2.45) is 9.98 Å². The molecular weight excluding hydrogens is 603 g/mol. The van der Waals surface area contributed by atoms with Gasteiger partial charge in [-0.3, -0.25) is 9.13 Å². The lowest BCUT2D eigenvalue weighted by atomic mass is 10.2. The Labute approximate surface area is 255 Å². The summed E-state index contributed by atoms with van der Waals surface area (Å²) in [5, 5.41) is 2.25. The SMILES string of the molecule is O=c1[nH]c2cc3c(cc2n1-c1ccc(Cl)cc1)Oc1cc2c(cc1=N3)Oc1cc3c(cc1N=2)[nH]c(=O)n3-c1ccc(Cl)cc1. The zero-order valence-corrected chi connectivity index (χ0v) is 23.8. The third-order valence-corrected chi connectivity index (χ3v) is 8.16. The first-order valence-electron chi connectivity index (χ1n) is 13.4. The van der Waals surface area contributed by atoms with Gasteiger partial charge in [-0.15, -0.1) is 0 Å². The Morgan fingerprint density at radius 3 is 1.36 bits per heavy atom. The van der Waals surface area contributed by atoms with Gasteiger partial charge in [0.2, 0.25) is 0 Å². The molecule has 0 atom stereocenters. The van der Waals surface area contributed by atoms with E-state index < -0.39 is 0 Å². The van der Waals surface area contributed by atoms with E-state index >= 15 is 0 Å². The minimum Gasteiger partial charge on any atom is -0.453 e. The number of aromatic nitrogens is 4. The number of hydrogen-bond acceptors (Lipinski definition) is 6. The lowest BCUT2D eigenvalue weighted by Crippen LogP contribution is -2.18. The Hall–Kier alpha value is -5.58. The number of nitrogens with one attached hydrogen (secondary N) is 2. The van der Waals surface area contributed by atoms with Crippen LogP contribution in [-0.2, 0) is 0 Å². The Morgan fingerprint density at radius 2 is 0.955 bits per heavy atom. The molecule has 0 saturated heterocycles. The smallest absolute Gasteiger partial charge is 0.331 e. The van der Waals surface area contributed by atoms with Crippen LogP contribution in [0.1, 0.15) is 0 Å². The topological polar surface area (TPSA) is 119 Å². The fourth-order valence-electron chi connectivity index (χ4n) is 5.65. The molecule has 44 heavy (non-hydrogen) atoms. The van der Waals surface area contributed by atoms with Crippen molar-refractivity contribution in [3.63, 3.8) is 0 Å². The van der Waals surface area contributed by atoms with Crippen molar-refractivity contribution in [1.82, 2.24) is 19.1 Å². The van der Waals surface area contributed by atoms with E-state index in [1.165, 1.54) is 0 Å². The maximum absolute atomic E-state index is 12.9. The summed E-state index contributed by atoms with van der Waals surface area (Å²) in [6.07, 6.45) is 0. The molecule has 4 heterocycles. The molecule has 0 fully saturated rings. The lowest BCUT2D eigenvalue weighted by Gasteiger charge is -2.18. The van der Waals surface area contributed by atoms with Gasteiger partial charge in [0.1, 0.15) is 22.1 Å². The van der Waals surface area contributed by atoms with Gasteiger partial charge in [0.05, 0.1) is 33.4 Å². The highest BCUT2D eigenvalue weighted by Crippen LogP contribution is 2.40. The molecule has 0 spiro atoms. The van der Waals surface area contributed by atoms with Gasteiger partial charge in [0, 0.05) is 34.3 Å². The molecule has 0 saturated carbocycles. The van der Waals surface area contributed by atoms with Gasteiger partial charge in [0.25, 0.3) is 0 Å². The molecule has 2 aliphatic heterocycles. The Morgan fingerprint density at radius 1 is 0.545 bits per heavy atom. The minimum atomic E-state index is -0.291. The lowest BCUT2D eigenvalue weighted by molar-refractivity contribution is 0.451. The van der Waals surface area contributed by atoms with Crippen LogP contribution in [0.5, 0.6) is 23.0 Å². The van der Waals surface area contributed by atoms with Gasteiger partial charge < -0.3 is 19.4 Å². The molecule has 9 rings (SSSR count). The first-order chi connectivity index (χ1) is 21.4. The summed E-state index contributed by atoms with van der Waals surface area (Å²) >= 11 is 12.1. The van der Waals surface area contributed by atoms with Crippen LogP contribution in [0.25, 0.3) is 33.4 Å². The zero-order chi connectivity index (χ0) is 29.7. The van der Waals surface area contributed by atoms with Crippen molar-refractivity contribution in [1.29, 1.82) is 0 Å². The monoisotopic (exact) mass is 618 g/mol. The molecular formula is C32H16Cl2N6O4. The zero-order valence-electron chi connectivity index (χ0n) is 22.3.